The van der Waals surface area contributed by atoms with Gasteiger partial charge >= 0.3 is 0 Å². The number of hydrogen-bond donors (Lipinski definition) is 2. The van der Waals surface area contributed by atoms with Crippen LogP contribution in [-0.2, 0) is 16.1 Å². The first-order valence-electron chi connectivity index (χ1n) is 21.6. The molecule has 9 rings (SSSR count). The third-order valence-electron chi connectivity index (χ3n) is 14.0. The van der Waals surface area contributed by atoms with Gasteiger partial charge in [-0.3, -0.25) is 34.4 Å². The van der Waals surface area contributed by atoms with Gasteiger partial charge in [-0.2, -0.15) is 0 Å². The van der Waals surface area contributed by atoms with E-state index in [1.807, 2.05) is 35.2 Å². The molecule has 1 atom stereocenters. The Balaban J connectivity index is 0.741. The van der Waals surface area contributed by atoms with Gasteiger partial charge in [0, 0.05) is 99.0 Å². The lowest BCUT2D eigenvalue weighted by atomic mass is 9.49. The number of benzene rings is 2. The summed E-state index contributed by atoms with van der Waals surface area (Å²) in [4.78, 5) is 71.8. The second kappa shape index (κ2) is 16.0. The maximum atomic E-state index is 15.5. The molecule has 4 amide bonds. The predicted molar refractivity (Wildman–Crippen MR) is 232 cm³/mol. The van der Waals surface area contributed by atoms with E-state index in [-0.39, 0.29) is 65.6 Å². The van der Waals surface area contributed by atoms with Gasteiger partial charge in [-0.15, -0.1) is 0 Å². The number of piperidine rings is 2. The largest absolute Gasteiger partial charge is 0.489 e. The molecule has 14 nitrogen and oxygen atoms in total. The van der Waals surface area contributed by atoms with Crippen molar-refractivity contribution in [2.75, 3.05) is 55.6 Å². The summed E-state index contributed by atoms with van der Waals surface area (Å²) in [6, 6.07) is 13.3. The Morgan fingerprint density at radius 1 is 0.952 bits per heavy atom. The number of piperazine rings is 1. The molecule has 0 bridgehead atoms. The number of amides is 4. The Hall–Kier alpha value is -6.14. The number of aromatic nitrogens is 2. The molecule has 0 radical (unpaired) electrons. The zero-order valence-corrected chi connectivity index (χ0v) is 35.6. The van der Waals surface area contributed by atoms with E-state index in [1.165, 1.54) is 11.0 Å². The van der Waals surface area contributed by atoms with Gasteiger partial charge in [0.1, 0.15) is 29.5 Å². The summed E-state index contributed by atoms with van der Waals surface area (Å²) in [5, 5.41) is 6.39. The van der Waals surface area contributed by atoms with Gasteiger partial charge in [-0.05, 0) is 73.2 Å². The Morgan fingerprint density at radius 2 is 1.71 bits per heavy atom. The van der Waals surface area contributed by atoms with Crippen molar-refractivity contribution < 1.29 is 28.3 Å². The van der Waals surface area contributed by atoms with Crippen molar-refractivity contribution >= 4 is 51.7 Å². The van der Waals surface area contributed by atoms with Crippen LogP contribution in [0.2, 0.25) is 0 Å². The number of nitrogens with one attached hydrogen (secondary N) is 2. The van der Waals surface area contributed by atoms with Crippen molar-refractivity contribution in [3.8, 4) is 5.75 Å². The zero-order chi connectivity index (χ0) is 43.5. The van der Waals surface area contributed by atoms with E-state index in [0.717, 1.165) is 56.8 Å². The quantitative estimate of drug-likeness (QED) is 0.158. The van der Waals surface area contributed by atoms with Crippen LogP contribution in [0.1, 0.15) is 79.7 Å². The number of anilines is 2. The summed E-state index contributed by atoms with van der Waals surface area (Å²) in [6.45, 7) is 21.8. The van der Waals surface area contributed by atoms with Crippen LogP contribution >= 0.6 is 0 Å². The number of pyridine rings is 2. The van der Waals surface area contributed by atoms with Gasteiger partial charge in [-0.1, -0.05) is 33.8 Å². The Kier molecular flexibility index (Phi) is 10.6. The van der Waals surface area contributed by atoms with Crippen molar-refractivity contribution in [3.05, 3.63) is 94.8 Å². The molecule has 15 heteroatoms. The van der Waals surface area contributed by atoms with Crippen molar-refractivity contribution in [3.63, 3.8) is 0 Å². The van der Waals surface area contributed by atoms with Gasteiger partial charge < -0.3 is 24.8 Å². The lowest BCUT2D eigenvalue weighted by Gasteiger charge is -2.63. The number of fused-ring (bicyclic) bond motifs is 2. The van der Waals surface area contributed by atoms with Crippen LogP contribution in [-0.4, -0.2) is 107 Å². The van der Waals surface area contributed by atoms with Crippen LogP contribution in [0, 0.1) is 29.1 Å². The third kappa shape index (κ3) is 7.37. The predicted octanol–water partition coefficient (Wildman–Crippen LogP) is 5.73. The summed E-state index contributed by atoms with van der Waals surface area (Å²) >= 11 is 0. The van der Waals surface area contributed by atoms with E-state index >= 15 is 4.39 Å². The lowest BCUT2D eigenvalue weighted by molar-refractivity contribution is -0.163. The number of rotatable bonds is 9. The standard InChI is InChI=1S/C47H52FN9O5/c1-46(2)44(47(3,4)45(46)62-37-11-9-34(49-5)40-31(37)7-6-16-50-40)53-41(59)29-8-12-38(51-25-29)56-17-14-28(15-18-56)26-54-19-21-55(22-20-54)36-23-30-27-57(43(61)32(30)24-33(36)48)35-10-13-39(58)52-42(35)60/h6-9,11-12,16,23-25,28,35,44-45H,10,13-15,17-22,26-27H2,1-4H3,(H,53,59)(H,52,58,60)/t35-,44?,45?/m0/s1. The highest BCUT2D eigenvalue weighted by Gasteiger charge is 2.64. The van der Waals surface area contributed by atoms with Gasteiger partial charge in [-0.25, -0.2) is 14.2 Å². The first-order valence-corrected chi connectivity index (χ1v) is 21.6. The molecule has 4 aliphatic heterocycles. The first-order chi connectivity index (χ1) is 29.7. The van der Waals surface area contributed by atoms with Gasteiger partial charge in [0.2, 0.25) is 17.5 Å². The Bertz CT molecular complexity index is 2470. The number of nitrogens with zero attached hydrogens (tertiary/aromatic N) is 7. The molecule has 1 aliphatic carbocycles. The highest BCUT2D eigenvalue weighted by Crippen LogP contribution is 2.56. The average molecular weight is 842 g/mol. The molecule has 0 spiro atoms. The van der Waals surface area contributed by atoms with Gasteiger partial charge in [0.05, 0.1) is 23.3 Å². The number of ether oxygens (including phenoxy) is 1. The number of imide groups is 1. The maximum Gasteiger partial charge on any atom is 0.255 e. The molecule has 0 unspecified atom stereocenters. The minimum Gasteiger partial charge on any atom is -0.489 e. The molecule has 2 N–H and O–H groups in total. The van der Waals surface area contributed by atoms with E-state index in [9.17, 15) is 19.2 Å². The number of carbonyl (C=O) groups is 4. The highest BCUT2D eigenvalue weighted by atomic mass is 19.1. The minimum atomic E-state index is -0.733. The summed E-state index contributed by atoms with van der Waals surface area (Å²) in [5.74, 6) is 0.253. The molecule has 322 valence electrons. The van der Waals surface area contributed by atoms with Crippen LogP contribution in [0.25, 0.3) is 15.7 Å². The first kappa shape index (κ1) is 41.2. The molecule has 2 aromatic carbocycles. The molecule has 62 heavy (non-hydrogen) atoms. The van der Waals surface area contributed by atoms with Crippen LogP contribution in [0.3, 0.4) is 0 Å². The minimum absolute atomic E-state index is 0.159. The van der Waals surface area contributed by atoms with Crippen LogP contribution in [0.4, 0.5) is 21.6 Å². The molecule has 1 saturated carbocycles. The van der Waals surface area contributed by atoms with Crippen molar-refractivity contribution in [1.29, 1.82) is 0 Å². The lowest BCUT2D eigenvalue weighted by Crippen LogP contribution is -2.74. The molecular weight excluding hydrogens is 790 g/mol. The van der Waals surface area contributed by atoms with E-state index < -0.39 is 17.8 Å². The molecule has 4 aromatic rings. The van der Waals surface area contributed by atoms with E-state index in [4.69, 9.17) is 16.3 Å². The van der Waals surface area contributed by atoms with Gasteiger partial charge in [0.25, 0.3) is 11.8 Å². The number of carbonyl (C=O) groups excluding carboxylic acids is 4. The molecule has 2 aromatic heterocycles. The summed E-state index contributed by atoms with van der Waals surface area (Å²) in [6.07, 6.45) is 5.62. The Morgan fingerprint density at radius 3 is 2.40 bits per heavy atom. The number of hydrogen-bond acceptors (Lipinski definition) is 10. The molecular formula is C47H52FN9O5. The fourth-order valence-corrected chi connectivity index (χ4v) is 10.9. The monoisotopic (exact) mass is 841 g/mol. The van der Waals surface area contributed by atoms with E-state index in [2.05, 4.69) is 58.0 Å². The molecule has 4 fully saturated rings. The summed E-state index contributed by atoms with van der Waals surface area (Å²) < 4.78 is 22.1. The van der Waals surface area contributed by atoms with Crippen LogP contribution < -0.4 is 25.2 Å². The normalized spacial score (nSPS) is 23.7. The zero-order valence-electron chi connectivity index (χ0n) is 35.6. The van der Waals surface area contributed by atoms with E-state index in [1.54, 1.807) is 24.5 Å². The Labute approximate surface area is 360 Å². The van der Waals surface area contributed by atoms with Crippen molar-refractivity contribution in [2.24, 2.45) is 16.7 Å². The third-order valence-corrected chi connectivity index (χ3v) is 14.0. The van der Waals surface area contributed by atoms with Crippen LogP contribution in [0.5, 0.6) is 5.75 Å². The summed E-state index contributed by atoms with van der Waals surface area (Å²) in [5.41, 5.74) is 2.30. The average Bonchev–Trinajstić information content (AvgIpc) is 3.58. The second-order valence-corrected chi connectivity index (χ2v) is 18.6. The van der Waals surface area contributed by atoms with Crippen molar-refractivity contribution in [2.45, 2.75) is 78.1 Å². The fourth-order valence-electron chi connectivity index (χ4n) is 10.9. The van der Waals surface area contributed by atoms with E-state index in [0.29, 0.717) is 52.8 Å². The summed E-state index contributed by atoms with van der Waals surface area (Å²) in [7, 11) is 0. The van der Waals surface area contributed by atoms with Gasteiger partial charge in [0.15, 0.2) is 0 Å². The maximum absolute atomic E-state index is 15.5. The SMILES string of the molecule is [C-]#[N+]c1ccc(OC2C(C)(C)C(NC(=O)c3ccc(N4CCC(CN5CCN(c6cc7c(cc6F)C(=O)N([C@H]6CCC(=O)NC6=O)C7)CC5)CC4)nc3)C2(C)C)c2cccnc12. The molecule has 3 saturated heterocycles. The second-order valence-electron chi connectivity index (χ2n) is 18.6. The number of halogens is 1. The molecule has 6 heterocycles. The molecule has 5 aliphatic rings. The van der Waals surface area contributed by atoms with Crippen LogP contribution in [0.15, 0.2) is 60.9 Å². The van der Waals surface area contributed by atoms with Crippen molar-refractivity contribution in [1.82, 2.24) is 30.4 Å². The highest BCUT2D eigenvalue weighted by molar-refractivity contribution is 6.05. The topological polar surface area (TPSA) is 145 Å². The fraction of sp³-hybridized carbons (Fsp3) is 0.468. The smallest absolute Gasteiger partial charge is 0.255 e.